The molecule has 0 spiro atoms. The number of allylic oxidation sites excluding steroid dienone is 10. The Hall–Kier alpha value is -1.76. The average Bonchev–Trinajstić information content (AvgIpc) is 2.52. The Morgan fingerprint density at radius 3 is 1.70 bits per heavy atom. The van der Waals surface area contributed by atoms with Gasteiger partial charge in [0.15, 0.2) is 0 Å². The Bertz CT molecular complexity index is 363. The lowest BCUT2D eigenvalue weighted by molar-refractivity contribution is 1.34. The van der Waals surface area contributed by atoms with E-state index in [0.29, 0.717) is 5.70 Å². The molecule has 0 rings (SSSR count). The van der Waals surface area contributed by atoms with Crippen molar-refractivity contribution in [2.24, 2.45) is 5.73 Å². The molecule has 1 heteroatoms. The van der Waals surface area contributed by atoms with Gasteiger partial charge in [-0.05, 0) is 32.4 Å². The highest BCUT2D eigenvalue weighted by Crippen LogP contribution is 2.16. The highest BCUT2D eigenvalue weighted by molar-refractivity contribution is 5.51. The Morgan fingerprint density at radius 2 is 1.35 bits per heavy atom. The number of nitrogens with two attached hydrogens (primary N) is 1. The molecule has 2 N–H and O–H groups in total. The van der Waals surface area contributed by atoms with Crippen LogP contribution >= 0.6 is 0 Å². The first-order chi connectivity index (χ1) is 9.71. The summed E-state index contributed by atoms with van der Waals surface area (Å²) in [6, 6.07) is 0. The van der Waals surface area contributed by atoms with Crippen molar-refractivity contribution in [3.05, 3.63) is 72.0 Å². The van der Waals surface area contributed by atoms with Crippen molar-refractivity contribution in [2.45, 2.75) is 48.5 Å². The fourth-order valence-corrected chi connectivity index (χ4v) is 1.25. The average molecular weight is 275 g/mol. The molecule has 0 amide bonds. The van der Waals surface area contributed by atoms with Gasteiger partial charge in [-0.25, -0.2) is 0 Å². The van der Waals surface area contributed by atoms with E-state index in [0.717, 1.165) is 11.1 Å². The minimum atomic E-state index is 0.687. The SMILES string of the molecule is C=C/C(N)=C(\C=C/C)C(/C=C\C)=C/C=C\C.CC.CC. The van der Waals surface area contributed by atoms with Crippen LogP contribution in [0.15, 0.2) is 72.0 Å². The van der Waals surface area contributed by atoms with Crippen molar-refractivity contribution in [1.29, 1.82) is 0 Å². The van der Waals surface area contributed by atoms with E-state index in [9.17, 15) is 0 Å². The van der Waals surface area contributed by atoms with Crippen LogP contribution in [-0.2, 0) is 0 Å². The molecule has 0 bridgehead atoms. The minimum Gasteiger partial charge on any atom is -0.398 e. The first kappa shape index (κ1) is 23.3. The van der Waals surface area contributed by atoms with Gasteiger partial charge in [-0.2, -0.15) is 0 Å². The molecule has 0 aromatic carbocycles. The van der Waals surface area contributed by atoms with Gasteiger partial charge in [0.2, 0.25) is 0 Å². The zero-order chi connectivity index (χ0) is 16.4. The molecular formula is C19H33N. The molecule has 0 aromatic rings. The zero-order valence-corrected chi connectivity index (χ0v) is 14.4. The van der Waals surface area contributed by atoms with Crippen LogP contribution in [0.4, 0.5) is 0 Å². The third kappa shape index (κ3) is 11.3. The van der Waals surface area contributed by atoms with Crippen LogP contribution in [0.2, 0.25) is 0 Å². The van der Waals surface area contributed by atoms with E-state index in [1.165, 1.54) is 0 Å². The van der Waals surface area contributed by atoms with Gasteiger partial charge in [-0.3, -0.25) is 0 Å². The van der Waals surface area contributed by atoms with Gasteiger partial charge in [0.1, 0.15) is 0 Å². The normalized spacial score (nSPS) is 12.7. The highest BCUT2D eigenvalue weighted by atomic mass is 14.6. The molecule has 0 atom stereocenters. The molecule has 0 aliphatic rings. The fraction of sp³-hybridized carbons (Fsp3) is 0.368. The van der Waals surface area contributed by atoms with Gasteiger partial charge in [-0.15, -0.1) is 0 Å². The highest BCUT2D eigenvalue weighted by Gasteiger charge is 2.00. The number of hydrogen-bond acceptors (Lipinski definition) is 1. The second kappa shape index (κ2) is 19.6. The molecule has 0 saturated heterocycles. The predicted molar refractivity (Wildman–Crippen MR) is 96.6 cm³/mol. The molecule has 0 unspecified atom stereocenters. The van der Waals surface area contributed by atoms with E-state index in [2.05, 4.69) is 6.58 Å². The summed E-state index contributed by atoms with van der Waals surface area (Å²) in [7, 11) is 0. The van der Waals surface area contributed by atoms with E-state index in [4.69, 9.17) is 5.73 Å². The van der Waals surface area contributed by atoms with Gasteiger partial charge in [0.05, 0.1) is 0 Å². The van der Waals surface area contributed by atoms with E-state index in [1.54, 1.807) is 6.08 Å². The number of hydrogen-bond donors (Lipinski definition) is 1. The van der Waals surface area contributed by atoms with Gasteiger partial charge in [-0.1, -0.05) is 76.8 Å². The molecule has 0 radical (unpaired) electrons. The van der Waals surface area contributed by atoms with Crippen molar-refractivity contribution in [3.63, 3.8) is 0 Å². The topological polar surface area (TPSA) is 26.0 Å². The van der Waals surface area contributed by atoms with Gasteiger partial charge >= 0.3 is 0 Å². The quantitative estimate of drug-likeness (QED) is 0.603. The Labute approximate surface area is 127 Å². The summed E-state index contributed by atoms with van der Waals surface area (Å²) >= 11 is 0. The van der Waals surface area contributed by atoms with Crippen LogP contribution in [0, 0.1) is 0 Å². The predicted octanol–water partition coefficient (Wildman–Crippen LogP) is 6.09. The van der Waals surface area contributed by atoms with Crippen LogP contribution in [-0.4, -0.2) is 0 Å². The van der Waals surface area contributed by atoms with Crippen LogP contribution < -0.4 is 5.73 Å². The van der Waals surface area contributed by atoms with Crippen LogP contribution in [0.1, 0.15) is 48.5 Å². The molecular weight excluding hydrogens is 242 g/mol. The zero-order valence-electron chi connectivity index (χ0n) is 14.4. The lowest BCUT2D eigenvalue weighted by atomic mass is 10.0. The first-order valence-electron chi connectivity index (χ1n) is 7.42. The molecule has 0 fully saturated rings. The smallest absolute Gasteiger partial charge is 0.0387 e. The number of rotatable bonds is 5. The summed E-state index contributed by atoms with van der Waals surface area (Å²) in [5, 5.41) is 0. The standard InChI is InChI=1S/C15H21N.2C2H6/c1-5-9-12-13(10-6-2)14(11-7-3)15(16)8-4;2*1-2/h5-12H,4,16H2,1-3H3;2*1-2H3/b9-5-,10-6-,11-7-,13-12+,15-14-;;. The van der Waals surface area contributed by atoms with E-state index in [-0.39, 0.29) is 0 Å². The molecule has 0 saturated carbocycles. The monoisotopic (exact) mass is 275 g/mol. The molecule has 20 heavy (non-hydrogen) atoms. The van der Waals surface area contributed by atoms with Crippen molar-refractivity contribution in [3.8, 4) is 0 Å². The summed E-state index contributed by atoms with van der Waals surface area (Å²) in [5.41, 5.74) is 8.68. The first-order valence-corrected chi connectivity index (χ1v) is 7.42. The summed E-state index contributed by atoms with van der Waals surface area (Å²) in [5.74, 6) is 0. The molecule has 0 aromatic heterocycles. The third-order valence-corrected chi connectivity index (χ3v) is 1.99. The Morgan fingerprint density at radius 1 is 0.850 bits per heavy atom. The third-order valence-electron chi connectivity index (χ3n) is 1.99. The second-order valence-corrected chi connectivity index (χ2v) is 3.22. The summed E-state index contributed by atoms with van der Waals surface area (Å²) < 4.78 is 0. The van der Waals surface area contributed by atoms with Crippen LogP contribution in [0.25, 0.3) is 0 Å². The summed E-state index contributed by atoms with van der Waals surface area (Å²) in [6.45, 7) is 17.6. The van der Waals surface area contributed by atoms with E-state index >= 15 is 0 Å². The molecule has 0 aliphatic carbocycles. The maximum atomic E-state index is 5.92. The largest absolute Gasteiger partial charge is 0.398 e. The van der Waals surface area contributed by atoms with Crippen molar-refractivity contribution in [2.75, 3.05) is 0 Å². The maximum Gasteiger partial charge on any atom is 0.0387 e. The molecule has 114 valence electrons. The molecule has 0 aliphatic heterocycles. The van der Waals surface area contributed by atoms with Crippen LogP contribution in [0.5, 0.6) is 0 Å². The van der Waals surface area contributed by atoms with E-state index < -0.39 is 0 Å². The van der Waals surface area contributed by atoms with E-state index in [1.807, 2.05) is 91.0 Å². The van der Waals surface area contributed by atoms with Crippen molar-refractivity contribution >= 4 is 0 Å². The van der Waals surface area contributed by atoms with Crippen molar-refractivity contribution in [1.82, 2.24) is 0 Å². The Balaban J connectivity index is -0.000000656. The maximum absolute atomic E-state index is 5.92. The van der Waals surface area contributed by atoms with Crippen molar-refractivity contribution < 1.29 is 0 Å². The summed E-state index contributed by atoms with van der Waals surface area (Å²) in [4.78, 5) is 0. The van der Waals surface area contributed by atoms with Gasteiger partial charge in [0.25, 0.3) is 0 Å². The van der Waals surface area contributed by atoms with Crippen LogP contribution in [0.3, 0.4) is 0 Å². The minimum absolute atomic E-state index is 0.687. The van der Waals surface area contributed by atoms with Gasteiger partial charge < -0.3 is 5.73 Å². The lowest BCUT2D eigenvalue weighted by Gasteiger charge is -2.06. The van der Waals surface area contributed by atoms with Gasteiger partial charge in [0, 0.05) is 11.3 Å². The molecule has 0 heterocycles. The fourth-order valence-electron chi connectivity index (χ4n) is 1.25. The summed E-state index contributed by atoms with van der Waals surface area (Å²) in [6.07, 6.45) is 15.7. The Kier molecular flexibility index (Phi) is 22.8. The second-order valence-electron chi connectivity index (χ2n) is 3.22. The molecule has 1 nitrogen and oxygen atoms in total. The lowest BCUT2D eigenvalue weighted by Crippen LogP contribution is -1.99.